The zero-order valence-corrected chi connectivity index (χ0v) is 24.1. The summed E-state index contributed by atoms with van der Waals surface area (Å²) in [7, 11) is -4.62. The first-order chi connectivity index (χ1) is 18.9. The van der Waals surface area contributed by atoms with E-state index in [9.17, 15) is 17.2 Å². The number of nitrogens with one attached hydrogen (secondary N) is 1. The SMILES string of the molecule is COc1ncc(F)cc1S(=O)(=O)Nc1ccc(F)c(COc2cnc3c(cnn3COCC[Si](C)(C)C)c2)c1F. The van der Waals surface area contributed by atoms with Crippen LogP contribution in [0.2, 0.25) is 25.7 Å². The lowest BCUT2D eigenvalue weighted by Crippen LogP contribution is -2.22. The first-order valence-electron chi connectivity index (χ1n) is 12.1. The summed E-state index contributed by atoms with van der Waals surface area (Å²) >= 11 is 0. The zero-order chi connectivity index (χ0) is 29.1. The molecule has 0 atom stereocenters. The van der Waals surface area contributed by atoms with Gasteiger partial charge in [-0.2, -0.15) is 5.10 Å². The molecule has 0 spiro atoms. The van der Waals surface area contributed by atoms with Crippen molar-refractivity contribution in [1.29, 1.82) is 0 Å². The van der Waals surface area contributed by atoms with Crippen molar-refractivity contribution in [3.63, 3.8) is 0 Å². The van der Waals surface area contributed by atoms with Crippen LogP contribution in [0.3, 0.4) is 0 Å². The Balaban J connectivity index is 1.47. The molecule has 1 N–H and O–H groups in total. The summed E-state index contributed by atoms with van der Waals surface area (Å²) in [5.74, 6) is -3.29. The quantitative estimate of drug-likeness (QED) is 0.181. The van der Waals surface area contributed by atoms with Crippen LogP contribution in [0.25, 0.3) is 11.0 Å². The molecule has 40 heavy (non-hydrogen) atoms. The third-order valence-corrected chi connectivity index (χ3v) is 8.81. The number of sulfonamides is 1. The van der Waals surface area contributed by atoms with E-state index < -0.39 is 64.2 Å². The Kier molecular flexibility index (Phi) is 8.65. The van der Waals surface area contributed by atoms with E-state index in [4.69, 9.17) is 14.2 Å². The van der Waals surface area contributed by atoms with Gasteiger partial charge in [-0.1, -0.05) is 19.6 Å². The second-order valence-corrected chi connectivity index (χ2v) is 17.3. The molecule has 0 bridgehead atoms. The third kappa shape index (κ3) is 6.89. The normalized spacial score (nSPS) is 12.1. The van der Waals surface area contributed by atoms with Gasteiger partial charge in [0.15, 0.2) is 16.4 Å². The van der Waals surface area contributed by atoms with Crippen LogP contribution in [0.15, 0.2) is 47.8 Å². The number of benzene rings is 1. The van der Waals surface area contributed by atoms with Gasteiger partial charge in [-0.3, -0.25) is 4.72 Å². The number of aromatic nitrogens is 4. The smallest absolute Gasteiger partial charge is 0.267 e. The van der Waals surface area contributed by atoms with Crippen molar-refractivity contribution in [3.8, 4) is 11.6 Å². The van der Waals surface area contributed by atoms with E-state index in [0.717, 1.165) is 31.5 Å². The van der Waals surface area contributed by atoms with Crippen molar-refractivity contribution in [2.24, 2.45) is 0 Å². The summed E-state index contributed by atoms with van der Waals surface area (Å²) in [6.45, 7) is 7.07. The molecule has 15 heteroatoms. The molecule has 0 unspecified atom stereocenters. The van der Waals surface area contributed by atoms with Crippen LogP contribution < -0.4 is 14.2 Å². The highest BCUT2D eigenvalue weighted by molar-refractivity contribution is 7.92. The molecule has 0 aliphatic heterocycles. The fourth-order valence-corrected chi connectivity index (χ4v) is 5.52. The Morgan fingerprint density at radius 1 is 1.05 bits per heavy atom. The molecular weight excluding hydrogens is 567 g/mol. The Morgan fingerprint density at radius 2 is 1.82 bits per heavy atom. The molecule has 4 rings (SSSR count). The zero-order valence-electron chi connectivity index (χ0n) is 22.2. The minimum Gasteiger partial charge on any atom is -0.487 e. The summed E-state index contributed by atoms with van der Waals surface area (Å²) < 4.78 is 88.7. The maximum Gasteiger partial charge on any atom is 0.267 e. The van der Waals surface area contributed by atoms with Crippen molar-refractivity contribution in [3.05, 3.63) is 65.9 Å². The summed E-state index contributed by atoms with van der Waals surface area (Å²) in [6.07, 6.45) is 3.73. The van der Waals surface area contributed by atoms with Gasteiger partial charge in [0.25, 0.3) is 10.0 Å². The van der Waals surface area contributed by atoms with E-state index in [1.54, 1.807) is 16.9 Å². The predicted molar refractivity (Wildman–Crippen MR) is 144 cm³/mol. The van der Waals surface area contributed by atoms with Crippen LogP contribution in [0.1, 0.15) is 5.56 Å². The van der Waals surface area contributed by atoms with Crippen molar-refractivity contribution in [2.75, 3.05) is 18.4 Å². The molecule has 0 fully saturated rings. The van der Waals surface area contributed by atoms with E-state index in [-0.39, 0.29) is 12.5 Å². The molecule has 0 saturated carbocycles. The van der Waals surface area contributed by atoms with Crippen molar-refractivity contribution in [2.45, 2.75) is 43.9 Å². The largest absolute Gasteiger partial charge is 0.487 e. The molecule has 0 amide bonds. The maximum atomic E-state index is 15.2. The van der Waals surface area contributed by atoms with Crippen LogP contribution in [0, 0.1) is 17.5 Å². The van der Waals surface area contributed by atoms with Gasteiger partial charge in [0.1, 0.15) is 30.7 Å². The van der Waals surface area contributed by atoms with Crippen LogP contribution in [0.5, 0.6) is 11.6 Å². The molecular formula is C25H28F3N5O5SSi. The fraction of sp³-hybridized carbons (Fsp3) is 0.320. The third-order valence-electron chi connectivity index (χ3n) is 5.74. The number of ether oxygens (including phenoxy) is 3. The number of hydrogen-bond donors (Lipinski definition) is 1. The second kappa shape index (κ2) is 11.8. The maximum absolute atomic E-state index is 15.2. The van der Waals surface area contributed by atoms with E-state index in [1.807, 2.05) is 4.72 Å². The molecule has 4 aromatic rings. The fourth-order valence-electron chi connectivity index (χ4n) is 3.57. The van der Waals surface area contributed by atoms with Gasteiger partial charge in [-0.15, -0.1) is 0 Å². The van der Waals surface area contributed by atoms with E-state index in [2.05, 4.69) is 34.7 Å². The van der Waals surface area contributed by atoms with Gasteiger partial charge >= 0.3 is 0 Å². The van der Waals surface area contributed by atoms with E-state index in [0.29, 0.717) is 23.7 Å². The highest BCUT2D eigenvalue weighted by Crippen LogP contribution is 2.28. The molecule has 10 nitrogen and oxygen atoms in total. The molecule has 0 aliphatic rings. The van der Waals surface area contributed by atoms with Crippen molar-refractivity contribution >= 4 is 34.8 Å². The van der Waals surface area contributed by atoms with Gasteiger partial charge in [-0.25, -0.2) is 36.2 Å². The molecule has 1 aromatic carbocycles. The van der Waals surface area contributed by atoms with Gasteiger partial charge in [-0.05, 0) is 24.2 Å². The second-order valence-electron chi connectivity index (χ2n) is 10.0. The number of pyridine rings is 2. The van der Waals surface area contributed by atoms with Crippen LogP contribution in [0.4, 0.5) is 18.9 Å². The van der Waals surface area contributed by atoms with E-state index >= 15 is 4.39 Å². The lowest BCUT2D eigenvalue weighted by Gasteiger charge is -2.15. The van der Waals surface area contributed by atoms with Gasteiger partial charge in [0, 0.05) is 26.1 Å². The topological polar surface area (TPSA) is 117 Å². The van der Waals surface area contributed by atoms with Crippen molar-refractivity contribution in [1.82, 2.24) is 19.7 Å². The number of rotatable bonds is 12. The number of anilines is 1. The number of halogens is 3. The number of fused-ring (bicyclic) bond motifs is 1. The monoisotopic (exact) mass is 595 g/mol. The van der Waals surface area contributed by atoms with Gasteiger partial charge < -0.3 is 14.2 Å². The molecule has 0 aliphatic carbocycles. The molecule has 3 heterocycles. The predicted octanol–water partition coefficient (Wildman–Crippen LogP) is 4.94. The minimum atomic E-state index is -4.54. The number of hydrogen-bond acceptors (Lipinski definition) is 8. The molecule has 3 aromatic heterocycles. The molecule has 0 radical (unpaired) electrons. The lowest BCUT2D eigenvalue weighted by atomic mass is 10.2. The standard InChI is InChI=1S/C25H28F3N5O5SSi/c1-36-25-22(10-17(26)12-30-25)39(34,35)32-21-6-5-20(27)19(23(21)28)14-38-18-9-16-11-31-33(24(16)29-13-18)15-37-7-8-40(2,3)4/h5-6,9-13,32H,7-8,14-15H2,1-4H3. The Labute approximate surface area is 230 Å². The molecule has 214 valence electrons. The van der Waals surface area contributed by atoms with Crippen LogP contribution in [-0.4, -0.2) is 50.0 Å². The van der Waals surface area contributed by atoms with Crippen LogP contribution >= 0.6 is 0 Å². The van der Waals surface area contributed by atoms with E-state index in [1.165, 1.54) is 6.20 Å². The van der Waals surface area contributed by atoms with Gasteiger partial charge in [0.2, 0.25) is 5.88 Å². The summed E-state index contributed by atoms with van der Waals surface area (Å²) in [5, 5.41) is 4.90. The number of methoxy groups -OCH3 is 1. The number of nitrogens with zero attached hydrogens (tertiary/aromatic N) is 4. The Morgan fingerprint density at radius 3 is 2.55 bits per heavy atom. The first-order valence-corrected chi connectivity index (χ1v) is 17.3. The Hall–Kier alpha value is -3.69. The summed E-state index contributed by atoms with van der Waals surface area (Å²) in [6, 6.07) is 5.08. The minimum absolute atomic E-state index is 0.215. The van der Waals surface area contributed by atoms with Crippen LogP contribution in [-0.2, 0) is 28.1 Å². The Bertz CT molecular complexity index is 1630. The lowest BCUT2D eigenvalue weighted by molar-refractivity contribution is 0.0813. The molecule has 0 saturated heterocycles. The average Bonchev–Trinajstić information content (AvgIpc) is 3.30. The van der Waals surface area contributed by atoms with Gasteiger partial charge in [0.05, 0.1) is 37.0 Å². The highest BCUT2D eigenvalue weighted by Gasteiger charge is 2.25. The first kappa shape index (κ1) is 29.3. The summed E-state index contributed by atoms with van der Waals surface area (Å²) in [5.41, 5.74) is -0.553. The highest BCUT2D eigenvalue weighted by atomic mass is 32.2. The van der Waals surface area contributed by atoms with Crippen molar-refractivity contribution < 1.29 is 35.8 Å². The average molecular weight is 596 g/mol. The summed E-state index contributed by atoms with van der Waals surface area (Å²) in [4.78, 5) is 7.23.